The van der Waals surface area contributed by atoms with Crippen LogP contribution in [0.3, 0.4) is 0 Å². The summed E-state index contributed by atoms with van der Waals surface area (Å²) in [7, 11) is 0. The highest BCUT2D eigenvalue weighted by atomic mass is 32.1. The fraction of sp³-hybridized carbons (Fsp3) is 0.333. The molecule has 0 aliphatic rings. The second-order valence-corrected chi connectivity index (χ2v) is 6.56. The molecule has 0 aliphatic heterocycles. The van der Waals surface area contributed by atoms with E-state index in [0.717, 1.165) is 5.38 Å². The minimum atomic E-state index is -4.54. The molecule has 0 radical (unpaired) electrons. The van der Waals surface area contributed by atoms with E-state index >= 15 is 0 Å². The fourth-order valence-corrected chi connectivity index (χ4v) is 3.01. The van der Waals surface area contributed by atoms with Gasteiger partial charge in [0.25, 0.3) is 5.91 Å². The predicted molar refractivity (Wildman–Crippen MR) is 87.7 cm³/mol. The third-order valence-corrected chi connectivity index (χ3v) is 4.27. The Balaban J connectivity index is 1.89. The Morgan fingerprint density at radius 3 is 2.64 bits per heavy atom. The lowest BCUT2D eigenvalue weighted by Gasteiger charge is -2.09. The zero-order chi connectivity index (χ0) is 18.4. The van der Waals surface area contributed by atoms with Crippen molar-refractivity contribution in [3.05, 3.63) is 34.6 Å². The van der Waals surface area contributed by atoms with Crippen LogP contribution in [0, 0.1) is 6.92 Å². The van der Waals surface area contributed by atoms with Crippen molar-refractivity contribution >= 4 is 33.4 Å². The van der Waals surface area contributed by atoms with E-state index in [1.807, 2.05) is 13.8 Å². The van der Waals surface area contributed by atoms with Crippen LogP contribution >= 0.6 is 11.3 Å². The van der Waals surface area contributed by atoms with Gasteiger partial charge in [-0.15, -0.1) is 11.3 Å². The Kier molecular flexibility index (Phi) is 4.23. The maximum absolute atomic E-state index is 12.6. The second kappa shape index (κ2) is 6.10. The third kappa shape index (κ3) is 3.34. The molecule has 6 nitrogen and oxygen atoms in total. The van der Waals surface area contributed by atoms with Crippen LogP contribution in [0.1, 0.15) is 41.6 Å². The summed E-state index contributed by atoms with van der Waals surface area (Å²) in [5.41, 5.74) is 0.341. The number of hydrogen-bond donors (Lipinski definition) is 1. The van der Waals surface area contributed by atoms with Gasteiger partial charge in [-0.1, -0.05) is 0 Å². The summed E-state index contributed by atoms with van der Waals surface area (Å²) in [4.78, 5) is 20.2. The molecule has 0 atom stereocenters. The maximum Gasteiger partial charge on any atom is 0.434 e. The summed E-state index contributed by atoms with van der Waals surface area (Å²) < 4.78 is 39.5. The molecule has 3 heterocycles. The van der Waals surface area contributed by atoms with E-state index in [-0.39, 0.29) is 16.7 Å². The van der Waals surface area contributed by atoms with Gasteiger partial charge in [0.1, 0.15) is 0 Å². The molecule has 3 rings (SSSR count). The number of thiazole rings is 1. The number of alkyl halides is 3. The molecule has 0 spiro atoms. The normalized spacial score (nSPS) is 12.1. The summed E-state index contributed by atoms with van der Waals surface area (Å²) in [6.45, 7) is 5.59. The number of amides is 1. The van der Waals surface area contributed by atoms with E-state index in [0.29, 0.717) is 28.1 Å². The number of rotatable bonds is 3. The Hall–Kier alpha value is -2.49. The zero-order valence-electron chi connectivity index (χ0n) is 13.5. The summed E-state index contributed by atoms with van der Waals surface area (Å²) in [6, 6.07) is 1.73. The standard InChI is InChI=1S/C15H14F3N5OS/c1-7(2)23-12-9(5-19-23)4-10(8(3)20-12)13(24)22-14-21-11(6-25-14)15(16,17)18/h4-7H,1-3H3,(H,21,22,24). The van der Waals surface area contributed by atoms with Crippen molar-refractivity contribution in [3.8, 4) is 0 Å². The van der Waals surface area contributed by atoms with E-state index in [1.165, 1.54) is 0 Å². The van der Waals surface area contributed by atoms with Crippen molar-refractivity contribution < 1.29 is 18.0 Å². The lowest BCUT2D eigenvalue weighted by atomic mass is 10.1. The molecule has 1 amide bonds. The molecule has 0 saturated heterocycles. The van der Waals surface area contributed by atoms with Gasteiger partial charge < -0.3 is 0 Å². The molecular weight excluding hydrogens is 355 g/mol. The number of fused-ring (bicyclic) bond motifs is 1. The van der Waals surface area contributed by atoms with Crippen molar-refractivity contribution in [1.29, 1.82) is 0 Å². The Morgan fingerprint density at radius 1 is 1.32 bits per heavy atom. The minimum Gasteiger partial charge on any atom is -0.298 e. The van der Waals surface area contributed by atoms with Crippen molar-refractivity contribution in [3.63, 3.8) is 0 Å². The van der Waals surface area contributed by atoms with Gasteiger partial charge in [0.05, 0.1) is 17.5 Å². The molecule has 3 aromatic heterocycles. The summed E-state index contributed by atoms with van der Waals surface area (Å²) >= 11 is 0.717. The summed E-state index contributed by atoms with van der Waals surface area (Å²) in [5.74, 6) is -0.563. The van der Waals surface area contributed by atoms with Gasteiger partial charge in [-0.25, -0.2) is 14.6 Å². The lowest BCUT2D eigenvalue weighted by Crippen LogP contribution is -2.15. The lowest BCUT2D eigenvalue weighted by molar-refractivity contribution is -0.140. The van der Waals surface area contributed by atoms with Crippen molar-refractivity contribution in [2.24, 2.45) is 0 Å². The third-order valence-electron chi connectivity index (χ3n) is 3.51. The molecule has 0 unspecified atom stereocenters. The maximum atomic E-state index is 12.6. The molecule has 10 heteroatoms. The van der Waals surface area contributed by atoms with E-state index < -0.39 is 17.8 Å². The highest BCUT2D eigenvalue weighted by Crippen LogP contribution is 2.31. The van der Waals surface area contributed by atoms with Crippen molar-refractivity contribution in [1.82, 2.24) is 19.7 Å². The van der Waals surface area contributed by atoms with E-state index in [9.17, 15) is 18.0 Å². The number of pyridine rings is 1. The molecular formula is C15H14F3N5OS. The van der Waals surface area contributed by atoms with E-state index in [4.69, 9.17) is 0 Å². The van der Waals surface area contributed by atoms with Crippen LogP contribution in [0.5, 0.6) is 0 Å². The Morgan fingerprint density at radius 2 is 2.04 bits per heavy atom. The first-order chi connectivity index (χ1) is 11.7. The average molecular weight is 369 g/mol. The molecule has 1 N–H and O–H groups in total. The molecule has 0 aliphatic carbocycles. The molecule has 132 valence electrons. The van der Waals surface area contributed by atoms with Gasteiger partial charge >= 0.3 is 6.18 Å². The SMILES string of the molecule is Cc1nc2c(cnn2C(C)C)cc1C(=O)Nc1nc(C(F)(F)F)cs1. The van der Waals surface area contributed by atoms with Gasteiger partial charge in [-0.2, -0.15) is 18.3 Å². The van der Waals surface area contributed by atoms with Gasteiger partial charge in [0.15, 0.2) is 16.5 Å². The number of anilines is 1. The number of halogens is 3. The van der Waals surface area contributed by atoms with Crippen LogP contribution in [-0.4, -0.2) is 25.7 Å². The number of carbonyl (C=O) groups excluding carboxylic acids is 1. The van der Waals surface area contributed by atoms with Crippen molar-refractivity contribution in [2.45, 2.75) is 33.0 Å². The highest BCUT2D eigenvalue weighted by molar-refractivity contribution is 7.14. The number of nitrogens with zero attached hydrogens (tertiary/aromatic N) is 4. The minimum absolute atomic E-state index is 0.111. The molecule has 0 aromatic carbocycles. The van der Waals surface area contributed by atoms with Crippen LogP contribution < -0.4 is 5.32 Å². The van der Waals surface area contributed by atoms with Crippen LogP contribution in [0.15, 0.2) is 17.6 Å². The van der Waals surface area contributed by atoms with Gasteiger partial charge in [0.2, 0.25) is 0 Å². The number of carbonyl (C=O) groups is 1. The van der Waals surface area contributed by atoms with Gasteiger partial charge in [-0.05, 0) is 26.8 Å². The van der Waals surface area contributed by atoms with Crippen LogP contribution in [0.25, 0.3) is 11.0 Å². The first kappa shape index (κ1) is 17.3. The highest BCUT2D eigenvalue weighted by Gasteiger charge is 2.34. The van der Waals surface area contributed by atoms with Gasteiger partial charge in [-0.3, -0.25) is 10.1 Å². The molecule has 25 heavy (non-hydrogen) atoms. The monoisotopic (exact) mass is 369 g/mol. The first-order valence-electron chi connectivity index (χ1n) is 7.35. The molecule has 0 fully saturated rings. The summed E-state index contributed by atoms with van der Waals surface area (Å²) in [6.07, 6.45) is -2.94. The van der Waals surface area contributed by atoms with Crippen LogP contribution in [0.2, 0.25) is 0 Å². The predicted octanol–water partition coefficient (Wildman–Crippen LogP) is 4.05. The average Bonchev–Trinajstić information content (AvgIpc) is 3.12. The van der Waals surface area contributed by atoms with E-state index in [1.54, 1.807) is 23.9 Å². The Bertz CT molecular complexity index is 944. The summed E-state index contributed by atoms with van der Waals surface area (Å²) in [5, 5.41) is 8.05. The second-order valence-electron chi connectivity index (χ2n) is 5.71. The van der Waals surface area contributed by atoms with E-state index in [2.05, 4.69) is 20.4 Å². The smallest absolute Gasteiger partial charge is 0.298 e. The Labute approximate surface area is 144 Å². The zero-order valence-corrected chi connectivity index (χ0v) is 14.4. The molecule has 3 aromatic rings. The first-order valence-corrected chi connectivity index (χ1v) is 8.23. The number of aromatic nitrogens is 4. The number of nitrogens with one attached hydrogen (secondary N) is 1. The quantitative estimate of drug-likeness (QED) is 0.756. The largest absolute Gasteiger partial charge is 0.434 e. The van der Waals surface area contributed by atoms with Crippen LogP contribution in [0.4, 0.5) is 18.3 Å². The van der Waals surface area contributed by atoms with Crippen molar-refractivity contribution in [2.75, 3.05) is 5.32 Å². The number of aryl methyl sites for hydroxylation is 1. The topological polar surface area (TPSA) is 72.7 Å². The fourth-order valence-electron chi connectivity index (χ4n) is 2.30. The van der Waals surface area contributed by atoms with Crippen LogP contribution in [-0.2, 0) is 6.18 Å². The molecule has 0 saturated carbocycles. The molecule has 0 bridgehead atoms. The number of hydrogen-bond acceptors (Lipinski definition) is 5. The van der Waals surface area contributed by atoms with Gasteiger partial charge in [0, 0.05) is 16.8 Å².